The van der Waals surface area contributed by atoms with Crippen LogP contribution < -0.4 is 19.5 Å². The van der Waals surface area contributed by atoms with E-state index >= 15 is 0 Å². The monoisotopic (exact) mass is 534 g/mol. The molecule has 1 aromatic carbocycles. The smallest absolute Gasteiger partial charge is 0.321 e. The van der Waals surface area contributed by atoms with Crippen molar-refractivity contribution < 1.29 is 28.9 Å². The maximum atomic E-state index is 13.6. The highest BCUT2D eigenvalue weighted by Gasteiger charge is 2.35. The lowest BCUT2D eigenvalue weighted by Gasteiger charge is -2.37. The van der Waals surface area contributed by atoms with E-state index in [2.05, 4.69) is 20.3 Å². The van der Waals surface area contributed by atoms with Crippen LogP contribution in [0.5, 0.6) is 17.4 Å². The highest BCUT2D eigenvalue weighted by atomic mass is 16.7. The maximum absolute atomic E-state index is 13.6. The molecule has 39 heavy (non-hydrogen) atoms. The molecule has 12 nitrogen and oxygen atoms in total. The summed E-state index contributed by atoms with van der Waals surface area (Å²) in [6.07, 6.45) is 5.81. The lowest BCUT2D eigenvalue weighted by molar-refractivity contribution is 0.0356. The fourth-order valence-corrected chi connectivity index (χ4v) is 4.47. The number of urea groups is 1. The Hall–Kier alpha value is -4.45. The number of anilines is 1. The summed E-state index contributed by atoms with van der Waals surface area (Å²) in [6, 6.07) is 6.12. The maximum Gasteiger partial charge on any atom is 0.321 e. The second-order valence-corrected chi connectivity index (χ2v) is 9.71. The van der Waals surface area contributed by atoms with Crippen molar-refractivity contribution in [3.05, 3.63) is 54.7 Å². The van der Waals surface area contributed by atoms with Gasteiger partial charge in [-0.05, 0) is 25.1 Å². The zero-order valence-electron chi connectivity index (χ0n) is 21.9. The molecule has 0 radical (unpaired) electrons. The molecule has 3 aromatic rings. The number of hydrogen-bond acceptors (Lipinski definition) is 9. The molecule has 204 valence electrons. The number of benzene rings is 1. The van der Waals surface area contributed by atoms with Gasteiger partial charge in [-0.1, -0.05) is 6.92 Å². The van der Waals surface area contributed by atoms with Gasteiger partial charge in [0.1, 0.15) is 18.0 Å². The fraction of sp³-hybridized carbons (Fsp3) is 0.370. The highest BCUT2D eigenvalue weighted by Crippen LogP contribution is 2.34. The lowest BCUT2D eigenvalue weighted by Crippen LogP contribution is -2.50. The molecule has 2 aliphatic rings. The highest BCUT2D eigenvalue weighted by molar-refractivity contribution is 5.98. The van der Waals surface area contributed by atoms with E-state index in [1.165, 1.54) is 11.2 Å². The van der Waals surface area contributed by atoms with Gasteiger partial charge in [-0.2, -0.15) is 0 Å². The van der Waals surface area contributed by atoms with E-state index in [9.17, 15) is 14.7 Å². The van der Waals surface area contributed by atoms with Gasteiger partial charge in [0.05, 0.1) is 19.2 Å². The minimum atomic E-state index is -0.490. The summed E-state index contributed by atoms with van der Waals surface area (Å²) in [4.78, 5) is 42.3. The van der Waals surface area contributed by atoms with Crippen LogP contribution in [0.3, 0.4) is 0 Å². The number of aromatic nitrogens is 3. The summed E-state index contributed by atoms with van der Waals surface area (Å²) in [6.45, 7) is 4.22. The number of amides is 3. The Labute approximate surface area is 225 Å². The number of nitrogens with zero attached hydrogens (tertiary/aromatic N) is 5. The van der Waals surface area contributed by atoms with Crippen molar-refractivity contribution in [1.29, 1.82) is 0 Å². The summed E-state index contributed by atoms with van der Waals surface area (Å²) in [5.74, 6) is 0.887. The van der Waals surface area contributed by atoms with E-state index in [1.54, 1.807) is 61.7 Å². The van der Waals surface area contributed by atoms with Crippen LogP contribution in [0, 0.1) is 5.92 Å². The van der Waals surface area contributed by atoms with E-state index < -0.39 is 12.1 Å². The molecule has 2 aliphatic heterocycles. The fourth-order valence-electron chi connectivity index (χ4n) is 4.47. The van der Waals surface area contributed by atoms with Crippen molar-refractivity contribution >= 4 is 17.6 Å². The molecule has 12 heteroatoms. The standard InChI is InChI=1S/C27H30N6O6/c1-16-11-33(17(2)13-34)26(35)21-6-18(19-8-28-14-29-9-19)10-30-25(21)39-24(16)12-32(3)27(36)31-20-4-5-22-23(7-20)38-15-37-22/h4-10,14,16-17,24,34H,11-13,15H2,1-3H3,(H,31,36)/t16-,17-,24-/m1/s1. The molecular weight excluding hydrogens is 504 g/mol. The zero-order chi connectivity index (χ0) is 27.5. The van der Waals surface area contributed by atoms with Gasteiger partial charge in [-0.15, -0.1) is 0 Å². The minimum Gasteiger partial charge on any atom is -0.472 e. The van der Waals surface area contributed by atoms with Gasteiger partial charge in [0.25, 0.3) is 5.91 Å². The number of likely N-dealkylation sites (N-methyl/N-ethyl adjacent to an activating group) is 1. The van der Waals surface area contributed by atoms with E-state index in [4.69, 9.17) is 14.2 Å². The first-order chi connectivity index (χ1) is 18.8. The van der Waals surface area contributed by atoms with E-state index in [0.29, 0.717) is 34.9 Å². The number of carbonyl (C=O) groups is 2. The molecule has 5 rings (SSSR count). The number of carbonyl (C=O) groups excluding carboxylic acids is 2. The van der Waals surface area contributed by atoms with Crippen molar-refractivity contribution in [2.75, 3.05) is 38.9 Å². The predicted molar refractivity (Wildman–Crippen MR) is 141 cm³/mol. The normalized spacial score (nSPS) is 18.9. The Balaban J connectivity index is 1.38. The first-order valence-corrected chi connectivity index (χ1v) is 12.6. The topological polar surface area (TPSA) is 139 Å². The quantitative estimate of drug-likeness (QED) is 0.489. The molecular formula is C27H30N6O6. The molecule has 0 aliphatic carbocycles. The number of pyridine rings is 1. The molecule has 0 bridgehead atoms. The summed E-state index contributed by atoms with van der Waals surface area (Å²) in [7, 11) is 1.67. The molecule has 0 saturated heterocycles. The van der Waals surface area contributed by atoms with Crippen LogP contribution in [-0.4, -0.2) is 87.5 Å². The number of aliphatic hydroxyl groups excluding tert-OH is 1. The van der Waals surface area contributed by atoms with Crippen LogP contribution in [-0.2, 0) is 0 Å². The van der Waals surface area contributed by atoms with Crippen LogP contribution in [0.4, 0.5) is 10.5 Å². The van der Waals surface area contributed by atoms with Gasteiger partial charge in [0.2, 0.25) is 12.7 Å². The minimum absolute atomic E-state index is 0.147. The average molecular weight is 535 g/mol. The van der Waals surface area contributed by atoms with Crippen LogP contribution in [0.2, 0.25) is 0 Å². The van der Waals surface area contributed by atoms with E-state index in [-0.39, 0.29) is 49.2 Å². The largest absolute Gasteiger partial charge is 0.472 e. The van der Waals surface area contributed by atoms with Crippen molar-refractivity contribution in [1.82, 2.24) is 24.8 Å². The number of ether oxygens (including phenoxy) is 3. The molecule has 3 amide bonds. The van der Waals surface area contributed by atoms with Gasteiger partial charge >= 0.3 is 6.03 Å². The number of aliphatic hydroxyl groups is 1. The average Bonchev–Trinajstić information content (AvgIpc) is 3.42. The van der Waals surface area contributed by atoms with Crippen LogP contribution in [0.15, 0.2) is 49.2 Å². The third-order valence-electron chi connectivity index (χ3n) is 6.84. The van der Waals surface area contributed by atoms with Crippen molar-refractivity contribution in [3.63, 3.8) is 0 Å². The summed E-state index contributed by atoms with van der Waals surface area (Å²) < 4.78 is 17.0. The van der Waals surface area contributed by atoms with Crippen molar-refractivity contribution in [2.45, 2.75) is 26.0 Å². The molecule has 0 fully saturated rings. The van der Waals surface area contributed by atoms with E-state index in [1.807, 2.05) is 6.92 Å². The Kier molecular flexibility index (Phi) is 7.46. The number of hydrogen-bond donors (Lipinski definition) is 2. The summed E-state index contributed by atoms with van der Waals surface area (Å²) >= 11 is 0. The van der Waals surface area contributed by atoms with Gasteiger partial charge in [0.15, 0.2) is 11.5 Å². The Morgan fingerprint density at radius 1 is 1.18 bits per heavy atom. The molecule has 0 saturated carbocycles. The molecule has 2 N–H and O–H groups in total. The Morgan fingerprint density at radius 3 is 2.72 bits per heavy atom. The van der Waals surface area contributed by atoms with Gasteiger partial charge < -0.3 is 34.4 Å². The molecule has 0 unspecified atom stereocenters. The third-order valence-corrected chi connectivity index (χ3v) is 6.84. The summed E-state index contributed by atoms with van der Waals surface area (Å²) in [5.41, 5.74) is 2.20. The summed E-state index contributed by atoms with van der Waals surface area (Å²) in [5, 5.41) is 12.7. The SMILES string of the molecule is C[C@@H]1CN([C@H](C)CO)C(=O)c2cc(-c3cncnc3)cnc2O[C@@H]1CN(C)C(=O)Nc1ccc2c(c1)OCO2. The second kappa shape index (κ2) is 11.1. The van der Waals surface area contributed by atoms with Crippen molar-refractivity contribution in [2.24, 2.45) is 5.92 Å². The first-order valence-electron chi connectivity index (χ1n) is 12.6. The van der Waals surface area contributed by atoms with Crippen LogP contribution >= 0.6 is 0 Å². The van der Waals surface area contributed by atoms with Crippen LogP contribution in [0.25, 0.3) is 11.1 Å². The van der Waals surface area contributed by atoms with Gasteiger partial charge in [-0.3, -0.25) is 4.79 Å². The first kappa shape index (κ1) is 26.2. The van der Waals surface area contributed by atoms with Crippen LogP contribution in [0.1, 0.15) is 24.2 Å². The number of rotatable bonds is 6. The molecule has 3 atom stereocenters. The second-order valence-electron chi connectivity index (χ2n) is 9.71. The van der Waals surface area contributed by atoms with Gasteiger partial charge in [-0.25, -0.2) is 19.7 Å². The Morgan fingerprint density at radius 2 is 1.95 bits per heavy atom. The molecule has 4 heterocycles. The third kappa shape index (κ3) is 5.55. The molecule has 2 aromatic heterocycles. The lowest BCUT2D eigenvalue weighted by atomic mass is 9.99. The van der Waals surface area contributed by atoms with Crippen molar-refractivity contribution in [3.8, 4) is 28.5 Å². The Bertz CT molecular complexity index is 1360. The van der Waals surface area contributed by atoms with E-state index in [0.717, 1.165) is 0 Å². The van der Waals surface area contributed by atoms with Gasteiger partial charge in [0, 0.05) is 61.0 Å². The number of fused-ring (bicyclic) bond motifs is 2. The molecule has 0 spiro atoms. The predicted octanol–water partition coefficient (Wildman–Crippen LogP) is 2.65. The zero-order valence-corrected chi connectivity index (χ0v) is 21.9. The number of nitrogens with one attached hydrogen (secondary N) is 1.